The van der Waals surface area contributed by atoms with E-state index in [0.29, 0.717) is 0 Å². The van der Waals surface area contributed by atoms with E-state index in [1.54, 1.807) is 117 Å². The van der Waals surface area contributed by atoms with Crippen LogP contribution < -0.4 is 19.6 Å². The van der Waals surface area contributed by atoms with Crippen molar-refractivity contribution in [2.75, 3.05) is 19.6 Å². The molecule has 486 valence electrons. The molecule has 0 saturated heterocycles. The average molecular weight is 1420 g/mol. The third kappa shape index (κ3) is 13.1. The van der Waals surface area contributed by atoms with Crippen molar-refractivity contribution in [2.45, 2.75) is 0 Å². The van der Waals surface area contributed by atoms with Gasteiger partial charge in [0.25, 0.3) is 22.7 Å². The summed E-state index contributed by atoms with van der Waals surface area (Å²) < 4.78 is 0. The normalized spacial score (nSPS) is 11.1. The van der Waals surface area contributed by atoms with Gasteiger partial charge in [0.2, 0.25) is 0 Å². The highest BCUT2D eigenvalue weighted by Gasteiger charge is 2.27. The monoisotopic (exact) mass is 1420 g/mol. The number of benzene rings is 9. The second-order valence-electron chi connectivity index (χ2n) is 22.6. The molecule has 0 amide bonds. The zero-order valence-corrected chi connectivity index (χ0v) is 57.1. The van der Waals surface area contributed by atoms with Crippen LogP contribution >= 0.6 is 68.0 Å². The number of anilines is 12. The van der Waals surface area contributed by atoms with Crippen LogP contribution in [-0.2, 0) is 0 Å². The number of nitro benzene ring substituents is 4. The van der Waals surface area contributed by atoms with Crippen LogP contribution in [0.3, 0.4) is 0 Å². The van der Waals surface area contributed by atoms with Crippen molar-refractivity contribution < 1.29 is 19.7 Å². The van der Waals surface area contributed by atoms with E-state index in [1.807, 2.05) is 121 Å². The molecule has 0 bridgehead atoms. The Hall–Kier alpha value is -12.0. The van der Waals surface area contributed by atoms with E-state index >= 15 is 0 Å². The van der Waals surface area contributed by atoms with Gasteiger partial charge in [-0.05, 0) is 169 Å². The Labute approximate surface area is 596 Å². The first kappa shape index (κ1) is 64.0. The van der Waals surface area contributed by atoms with Crippen LogP contribution in [0.25, 0.3) is 61.3 Å². The quantitative estimate of drug-likeness (QED) is 0.0462. The molecule has 0 aliphatic rings. The van der Waals surface area contributed by atoms with Gasteiger partial charge in [-0.25, -0.2) is 0 Å². The van der Waals surface area contributed by atoms with Crippen LogP contribution in [0, 0.1) is 40.5 Å². The summed E-state index contributed by atoms with van der Waals surface area (Å²) in [5.74, 6) is 0. The summed E-state index contributed by atoms with van der Waals surface area (Å²) in [6.45, 7) is 0. The lowest BCUT2D eigenvalue weighted by molar-refractivity contribution is -0.385. The van der Waals surface area contributed by atoms with Gasteiger partial charge in [-0.3, -0.25) is 40.5 Å². The Bertz CT molecular complexity index is 4800. The number of nitrogens with zero attached hydrogens (tertiary/aromatic N) is 8. The number of hydrogen-bond acceptors (Lipinski definition) is 18. The highest BCUT2D eigenvalue weighted by atomic mass is 32.1. The summed E-state index contributed by atoms with van der Waals surface area (Å²) >= 11 is 9.85. The Balaban J connectivity index is 0.834. The van der Waals surface area contributed by atoms with Crippen LogP contribution in [0.5, 0.6) is 0 Å². The van der Waals surface area contributed by atoms with Crippen LogP contribution in [0.4, 0.5) is 88.3 Å². The lowest BCUT2D eigenvalue weighted by atomic mass is 10.1. The van der Waals surface area contributed by atoms with Crippen molar-refractivity contribution in [3.8, 4) is 61.3 Å². The van der Waals surface area contributed by atoms with Crippen LogP contribution in [0.2, 0.25) is 0 Å². The van der Waals surface area contributed by atoms with E-state index in [9.17, 15) is 40.5 Å². The largest absolute Gasteiger partial charge is 0.302 e. The van der Waals surface area contributed by atoms with Gasteiger partial charge in [-0.15, -0.1) is 68.0 Å². The predicted octanol–water partition coefficient (Wildman–Crippen LogP) is 25.6. The predicted molar refractivity (Wildman–Crippen MR) is 412 cm³/mol. The molecule has 0 aliphatic carbocycles. The minimum Gasteiger partial charge on any atom is -0.302 e. The smallest absolute Gasteiger partial charge is 0.269 e. The molecule has 0 radical (unpaired) electrons. The lowest BCUT2D eigenvalue weighted by Gasteiger charge is -2.23. The number of thiophene rings is 6. The molecule has 0 aliphatic heterocycles. The summed E-state index contributed by atoms with van der Waals surface area (Å²) in [6.07, 6.45) is 0. The van der Waals surface area contributed by atoms with E-state index in [4.69, 9.17) is 0 Å². The third-order valence-electron chi connectivity index (χ3n) is 16.5. The van der Waals surface area contributed by atoms with Crippen molar-refractivity contribution in [2.24, 2.45) is 0 Å². The molecule has 6 heterocycles. The molecule has 0 atom stereocenters. The minimum atomic E-state index is -0.398. The lowest BCUT2D eigenvalue weighted by Crippen LogP contribution is -2.08. The Morgan fingerprint density at radius 3 is 0.680 bits per heavy atom. The zero-order valence-electron chi connectivity index (χ0n) is 52.2. The molecule has 100 heavy (non-hydrogen) atoms. The molecule has 0 unspecified atom stereocenters. The summed E-state index contributed by atoms with van der Waals surface area (Å²) in [5, 5.41) is 50.8. The molecule has 0 spiro atoms. The minimum absolute atomic E-state index is 0.00196. The SMILES string of the molecule is O=[N+]([O-])c1ccc(N(c2ccccc2)c2ccc(-c3cc(-c4ccc(-c5cc(-c6ccc(N(c7ccccc7)c7ccc([N+](=O)[O-])cc7)s6)c(-c6ccc(N(c7ccccc7)c7ccc([N+](=O)[O-])cc7)s6)s5)cc4)sc3-c3ccc(N(c4ccccc4)c4ccc([N+](=O)[O-])cc4)s3)s2)cc1. The Kier molecular flexibility index (Phi) is 17.8. The molecule has 15 aromatic rings. The van der Waals surface area contributed by atoms with Gasteiger partial charge in [-0.1, -0.05) is 97.1 Å². The van der Waals surface area contributed by atoms with E-state index in [1.165, 1.54) is 48.5 Å². The van der Waals surface area contributed by atoms with Crippen LogP contribution in [-0.4, -0.2) is 19.7 Å². The molecule has 6 aromatic heterocycles. The van der Waals surface area contributed by atoms with Crippen molar-refractivity contribution in [1.29, 1.82) is 0 Å². The van der Waals surface area contributed by atoms with Crippen molar-refractivity contribution in [3.63, 3.8) is 0 Å². The van der Waals surface area contributed by atoms with Gasteiger partial charge in [0.15, 0.2) is 0 Å². The van der Waals surface area contributed by atoms with Crippen molar-refractivity contribution in [1.82, 2.24) is 0 Å². The molecule has 9 aromatic carbocycles. The van der Waals surface area contributed by atoms with Gasteiger partial charge >= 0.3 is 0 Å². The zero-order chi connectivity index (χ0) is 68.4. The second kappa shape index (κ2) is 27.8. The van der Waals surface area contributed by atoms with Crippen molar-refractivity contribution >= 4 is 156 Å². The maximum absolute atomic E-state index is 11.8. The first-order chi connectivity index (χ1) is 48.8. The number of hydrogen-bond donors (Lipinski definition) is 0. The molecular weight excluding hydrogens is 1370 g/mol. The molecule has 15 rings (SSSR count). The van der Waals surface area contributed by atoms with Crippen LogP contribution in [0.1, 0.15) is 0 Å². The summed E-state index contributed by atoms with van der Waals surface area (Å²) in [7, 11) is 0. The summed E-state index contributed by atoms with van der Waals surface area (Å²) in [5.41, 5.74) is 10.7. The maximum Gasteiger partial charge on any atom is 0.269 e. The molecule has 16 nitrogen and oxygen atoms in total. The van der Waals surface area contributed by atoms with Crippen LogP contribution in [0.15, 0.2) is 303 Å². The molecule has 0 N–H and O–H groups in total. The highest BCUT2D eigenvalue weighted by Crippen LogP contribution is 2.55. The molecule has 0 fully saturated rings. The number of rotatable bonds is 22. The standard InChI is InChI=1S/C78H50N8O8S6/c87-83(88)61-33-25-57(26-34-61)79(53-13-5-1-6-14-53)73-45-41-67(95-73)65-49-71(99-77(65)69-43-47-75(97-69)81(55-17-9-3-10-18-55)59-29-37-63(38-30-59)85(91)92)51-21-23-52(24-22-51)72-50-66(68-42-46-74(96-68)80(54-15-7-2-8-16-54)58-27-35-62(36-28-58)84(89)90)78(100-72)70-44-48-76(98-70)82(56-19-11-4-12-20-56)60-31-39-64(40-32-60)86(93)94/h1-50H. The molecule has 0 saturated carbocycles. The highest BCUT2D eigenvalue weighted by molar-refractivity contribution is 7.27. The Morgan fingerprint density at radius 1 is 0.220 bits per heavy atom. The Morgan fingerprint density at radius 2 is 0.440 bits per heavy atom. The van der Waals surface area contributed by atoms with Gasteiger partial charge < -0.3 is 19.6 Å². The van der Waals surface area contributed by atoms with E-state index in [2.05, 4.69) is 105 Å². The summed E-state index contributed by atoms with van der Waals surface area (Å²) in [6, 6.07) is 96.1. The fourth-order valence-electron chi connectivity index (χ4n) is 11.7. The van der Waals surface area contributed by atoms with Gasteiger partial charge in [0.05, 0.1) is 29.4 Å². The van der Waals surface area contributed by atoms with Gasteiger partial charge in [-0.2, -0.15) is 0 Å². The number of para-hydroxylation sites is 4. The molecule has 22 heteroatoms. The first-order valence-corrected chi connectivity index (χ1v) is 35.9. The summed E-state index contributed by atoms with van der Waals surface area (Å²) in [4.78, 5) is 62.2. The number of non-ortho nitro benzene ring substituents is 4. The fraction of sp³-hybridized carbons (Fsp3) is 0. The molecular formula is C78H50N8O8S6. The fourth-order valence-corrected chi connectivity index (χ4v) is 18.7. The first-order valence-electron chi connectivity index (χ1n) is 31.0. The second-order valence-corrected chi connectivity index (χ2v) is 29.0. The van der Waals surface area contributed by atoms with Gasteiger partial charge in [0.1, 0.15) is 20.0 Å². The maximum atomic E-state index is 11.8. The van der Waals surface area contributed by atoms with Gasteiger partial charge in [0, 0.05) is 134 Å². The van der Waals surface area contributed by atoms with E-state index in [-0.39, 0.29) is 22.7 Å². The topological polar surface area (TPSA) is 186 Å². The average Bonchev–Trinajstić information content (AvgIpc) is 1.61. The van der Waals surface area contributed by atoms with Crippen molar-refractivity contribution in [3.05, 3.63) is 344 Å². The van der Waals surface area contributed by atoms with E-state index < -0.39 is 19.7 Å². The number of nitro groups is 4. The van der Waals surface area contributed by atoms with E-state index in [0.717, 1.165) is 127 Å². The third-order valence-corrected chi connectivity index (χ3v) is 23.6.